The Morgan fingerprint density at radius 2 is 2.17 bits per heavy atom. The number of rotatable bonds is 5. The van der Waals surface area contributed by atoms with Crippen LogP contribution in [0, 0.1) is 5.41 Å². The van der Waals surface area contributed by atoms with Crippen molar-refractivity contribution in [1.29, 1.82) is 0 Å². The quantitative estimate of drug-likeness (QED) is 0.807. The molecule has 0 spiro atoms. The molecule has 1 atom stereocenters. The van der Waals surface area contributed by atoms with E-state index in [4.69, 9.17) is 0 Å². The van der Waals surface area contributed by atoms with Gasteiger partial charge >= 0.3 is 0 Å². The molecule has 1 amide bonds. The second kappa shape index (κ2) is 6.80. The molecule has 1 aliphatic rings. The van der Waals surface area contributed by atoms with Gasteiger partial charge in [-0.15, -0.1) is 11.8 Å². The predicted molar refractivity (Wildman–Crippen MR) is 80.0 cm³/mol. The van der Waals surface area contributed by atoms with Gasteiger partial charge in [0.15, 0.2) is 0 Å². The van der Waals surface area contributed by atoms with Crippen LogP contribution in [0.3, 0.4) is 0 Å². The van der Waals surface area contributed by atoms with E-state index in [0.717, 1.165) is 26.1 Å². The molecule has 4 heteroatoms. The molecule has 0 saturated carbocycles. The average molecular weight is 272 g/mol. The summed E-state index contributed by atoms with van der Waals surface area (Å²) in [5.41, 5.74) is 0.278. The summed E-state index contributed by atoms with van der Waals surface area (Å²) in [7, 11) is 0. The molecule has 0 aromatic rings. The number of piperidine rings is 1. The Hall–Kier alpha value is -0.220. The fourth-order valence-electron chi connectivity index (χ4n) is 2.23. The second-order valence-corrected chi connectivity index (χ2v) is 8.11. The first-order valence-electron chi connectivity index (χ1n) is 6.98. The molecule has 1 heterocycles. The highest BCUT2D eigenvalue weighted by Crippen LogP contribution is 2.29. The lowest BCUT2D eigenvalue weighted by Crippen LogP contribution is -2.47. The highest BCUT2D eigenvalue weighted by atomic mass is 32.2. The Morgan fingerprint density at radius 3 is 2.67 bits per heavy atom. The maximum Gasteiger partial charge on any atom is 0.230 e. The molecular weight excluding hydrogens is 244 g/mol. The van der Waals surface area contributed by atoms with E-state index in [1.54, 1.807) is 11.8 Å². The zero-order chi connectivity index (χ0) is 13.6. The lowest BCUT2D eigenvalue weighted by atomic mass is 9.78. The fraction of sp³-hybridized carbons (Fsp3) is 0.929. The Labute approximate surface area is 116 Å². The van der Waals surface area contributed by atoms with Gasteiger partial charge in [-0.1, -0.05) is 27.7 Å². The summed E-state index contributed by atoms with van der Waals surface area (Å²) < 4.78 is 0.159. The maximum absolute atomic E-state index is 11.8. The monoisotopic (exact) mass is 272 g/mol. The van der Waals surface area contributed by atoms with Crippen molar-refractivity contribution in [3.63, 3.8) is 0 Å². The first-order chi connectivity index (χ1) is 8.37. The lowest BCUT2D eigenvalue weighted by Gasteiger charge is -2.37. The number of amides is 1. The predicted octanol–water partition coefficient (Wildman–Crippen LogP) is 2.41. The number of hydrogen-bond donors (Lipinski definition) is 2. The van der Waals surface area contributed by atoms with Gasteiger partial charge in [0.1, 0.15) is 0 Å². The minimum absolute atomic E-state index is 0.159. The van der Waals surface area contributed by atoms with Crippen molar-refractivity contribution in [2.75, 3.05) is 25.4 Å². The van der Waals surface area contributed by atoms with E-state index in [1.807, 2.05) is 0 Å². The fourth-order valence-corrected chi connectivity index (χ4v) is 2.89. The van der Waals surface area contributed by atoms with Crippen molar-refractivity contribution in [3.05, 3.63) is 0 Å². The van der Waals surface area contributed by atoms with Crippen molar-refractivity contribution in [1.82, 2.24) is 10.6 Å². The third-order valence-corrected chi connectivity index (χ3v) is 4.88. The van der Waals surface area contributed by atoms with Crippen molar-refractivity contribution in [2.45, 2.75) is 51.7 Å². The summed E-state index contributed by atoms with van der Waals surface area (Å²) in [5.74, 6) is 0.741. The number of carbonyl (C=O) groups is 1. The van der Waals surface area contributed by atoms with Crippen molar-refractivity contribution >= 4 is 17.7 Å². The molecule has 1 saturated heterocycles. The average Bonchev–Trinajstić information content (AvgIpc) is 2.34. The minimum atomic E-state index is 0.159. The van der Waals surface area contributed by atoms with Gasteiger partial charge in [-0.05, 0) is 31.2 Å². The Bertz CT molecular complexity index is 267. The van der Waals surface area contributed by atoms with E-state index in [1.165, 1.54) is 12.8 Å². The van der Waals surface area contributed by atoms with Crippen LogP contribution < -0.4 is 10.6 Å². The van der Waals surface area contributed by atoms with Crippen LogP contribution in [0.4, 0.5) is 0 Å². The second-order valence-electron chi connectivity index (χ2n) is 6.31. The van der Waals surface area contributed by atoms with E-state index in [9.17, 15) is 4.79 Å². The molecular formula is C14H28N2OS. The minimum Gasteiger partial charge on any atom is -0.355 e. The van der Waals surface area contributed by atoms with Gasteiger partial charge in [0.05, 0.1) is 5.75 Å². The molecule has 2 N–H and O–H groups in total. The SMILES string of the molecule is CCC1(CNC(=O)CSC(C)(C)C)CCCNC1. The van der Waals surface area contributed by atoms with Gasteiger partial charge in [0, 0.05) is 17.8 Å². The molecule has 18 heavy (non-hydrogen) atoms. The van der Waals surface area contributed by atoms with Crippen molar-refractivity contribution in [3.8, 4) is 0 Å². The van der Waals surface area contributed by atoms with E-state index >= 15 is 0 Å². The van der Waals surface area contributed by atoms with Crippen LogP contribution in [0.5, 0.6) is 0 Å². The molecule has 1 unspecified atom stereocenters. The van der Waals surface area contributed by atoms with Crippen LogP contribution in [0.15, 0.2) is 0 Å². The van der Waals surface area contributed by atoms with Crippen LogP contribution in [-0.4, -0.2) is 36.0 Å². The number of nitrogens with one attached hydrogen (secondary N) is 2. The normalized spacial score (nSPS) is 24.9. The summed E-state index contributed by atoms with van der Waals surface area (Å²) in [6.45, 7) is 11.6. The first-order valence-corrected chi connectivity index (χ1v) is 7.97. The Kier molecular flexibility index (Phi) is 5.99. The molecule has 3 nitrogen and oxygen atoms in total. The van der Waals surface area contributed by atoms with Crippen LogP contribution >= 0.6 is 11.8 Å². The lowest BCUT2D eigenvalue weighted by molar-refractivity contribution is -0.119. The summed E-state index contributed by atoms with van der Waals surface area (Å²) >= 11 is 1.71. The molecule has 0 aromatic carbocycles. The van der Waals surface area contributed by atoms with Crippen molar-refractivity contribution < 1.29 is 4.79 Å². The van der Waals surface area contributed by atoms with Gasteiger partial charge in [0.25, 0.3) is 0 Å². The zero-order valence-electron chi connectivity index (χ0n) is 12.3. The number of thioether (sulfide) groups is 1. The topological polar surface area (TPSA) is 41.1 Å². The molecule has 1 rings (SSSR count). The molecule has 0 aromatic heterocycles. The van der Waals surface area contributed by atoms with Crippen LogP contribution in [-0.2, 0) is 4.79 Å². The van der Waals surface area contributed by atoms with E-state index in [-0.39, 0.29) is 16.1 Å². The standard InChI is InChI=1S/C14H28N2OS/c1-5-14(7-6-8-15-10-14)11-16-12(17)9-18-13(2,3)4/h15H,5-11H2,1-4H3,(H,16,17). The van der Waals surface area contributed by atoms with Crippen molar-refractivity contribution in [2.24, 2.45) is 5.41 Å². The van der Waals surface area contributed by atoms with E-state index in [2.05, 4.69) is 38.3 Å². The van der Waals surface area contributed by atoms with Crippen LogP contribution in [0.1, 0.15) is 47.0 Å². The summed E-state index contributed by atoms with van der Waals surface area (Å²) in [5, 5.41) is 6.57. The van der Waals surface area contributed by atoms with Gasteiger partial charge in [-0.3, -0.25) is 4.79 Å². The summed E-state index contributed by atoms with van der Waals surface area (Å²) in [6, 6.07) is 0. The smallest absolute Gasteiger partial charge is 0.230 e. The summed E-state index contributed by atoms with van der Waals surface area (Å²) in [6.07, 6.45) is 3.58. The highest BCUT2D eigenvalue weighted by molar-refractivity contribution is 8.01. The zero-order valence-corrected chi connectivity index (χ0v) is 13.1. The molecule has 0 aliphatic carbocycles. The third-order valence-electron chi connectivity index (χ3n) is 3.61. The highest BCUT2D eigenvalue weighted by Gasteiger charge is 2.30. The molecule has 1 fully saturated rings. The first kappa shape index (κ1) is 15.8. The van der Waals surface area contributed by atoms with Crippen LogP contribution in [0.2, 0.25) is 0 Å². The van der Waals surface area contributed by atoms with Gasteiger partial charge < -0.3 is 10.6 Å². The molecule has 0 bridgehead atoms. The Balaban J connectivity index is 2.32. The van der Waals surface area contributed by atoms with E-state index < -0.39 is 0 Å². The number of carbonyl (C=O) groups excluding carboxylic acids is 1. The number of hydrogen-bond acceptors (Lipinski definition) is 3. The van der Waals surface area contributed by atoms with Gasteiger partial charge in [-0.2, -0.15) is 0 Å². The van der Waals surface area contributed by atoms with Gasteiger partial charge in [0.2, 0.25) is 5.91 Å². The molecule has 0 radical (unpaired) electrons. The largest absolute Gasteiger partial charge is 0.355 e. The molecule has 106 valence electrons. The summed E-state index contributed by atoms with van der Waals surface area (Å²) in [4.78, 5) is 11.8. The van der Waals surface area contributed by atoms with Gasteiger partial charge in [-0.25, -0.2) is 0 Å². The Morgan fingerprint density at radius 1 is 1.44 bits per heavy atom. The van der Waals surface area contributed by atoms with E-state index in [0.29, 0.717) is 5.75 Å². The third kappa shape index (κ3) is 5.61. The maximum atomic E-state index is 11.8. The van der Waals surface area contributed by atoms with Crippen LogP contribution in [0.25, 0.3) is 0 Å². The molecule has 1 aliphatic heterocycles.